The molecule has 24 heavy (non-hydrogen) atoms. The van der Waals surface area contributed by atoms with Gasteiger partial charge in [-0.05, 0) is 37.3 Å². The summed E-state index contributed by atoms with van der Waals surface area (Å²) in [6.07, 6.45) is 3.36. The first-order chi connectivity index (χ1) is 11.6. The molecule has 5 heteroatoms. The summed E-state index contributed by atoms with van der Waals surface area (Å²) in [5.74, 6) is -1.11. The van der Waals surface area contributed by atoms with E-state index in [1.54, 1.807) is 0 Å². The van der Waals surface area contributed by atoms with Gasteiger partial charge in [0.1, 0.15) is 0 Å². The minimum absolute atomic E-state index is 0.0437. The maximum Gasteiger partial charge on any atom is 0.308 e. The molecule has 0 saturated carbocycles. The second-order valence-electron chi connectivity index (χ2n) is 7.04. The zero-order valence-corrected chi connectivity index (χ0v) is 14.3. The van der Waals surface area contributed by atoms with Gasteiger partial charge in [-0.2, -0.15) is 0 Å². The Hall–Kier alpha value is -1.88. The highest BCUT2D eigenvalue weighted by Crippen LogP contribution is 2.34. The predicted molar refractivity (Wildman–Crippen MR) is 91.9 cm³/mol. The average molecular weight is 330 g/mol. The lowest BCUT2D eigenvalue weighted by Gasteiger charge is -2.28. The van der Waals surface area contributed by atoms with E-state index in [2.05, 4.69) is 0 Å². The van der Waals surface area contributed by atoms with Crippen LogP contribution in [0.5, 0.6) is 0 Å². The molecule has 2 saturated heterocycles. The van der Waals surface area contributed by atoms with Crippen LogP contribution in [0.15, 0.2) is 24.3 Å². The van der Waals surface area contributed by atoms with E-state index in [-0.39, 0.29) is 11.8 Å². The van der Waals surface area contributed by atoms with Crippen molar-refractivity contribution in [3.05, 3.63) is 35.4 Å². The molecule has 2 atom stereocenters. The molecule has 1 N–H and O–H groups in total. The van der Waals surface area contributed by atoms with Crippen molar-refractivity contribution in [2.75, 3.05) is 32.7 Å². The number of benzene rings is 1. The first kappa shape index (κ1) is 17.0. The number of piperidine rings is 1. The maximum absolute atomic E-state index is 12.5. The number of hydrogen-bond acceptors (Lipinski definition) is 3. The van der Waals surface area contributed by atoms with Gasteiger partial charge < -0.3 is 10.0 Å². The van der Waals surface area contributed by atoms with Crippen molar-refractivity contribution in [3.8, 4) is 0 Å². The van der Waals surface area contributed by atoms with Gasteiger partial charge in [0, 0.05) is 32.1 Å². The van der Waals surface area contributed by atoms with Crippen molar-refractivity contribution in [3.63, 3.8) is 0 Å². The Kier molecular flexibility index (Phi) is 5.19. The van der Waals surface area contributed by atoms with Gasteiger partial charge in [0.15, 0.2) is 0 Å². The van der Waals surface area contributed by atoms with E-state index in [0.29, 0.717) is 19.6 Å². The van der Waals surface area contributed by atoms with Crippen LogP contribution in [0.25, 0.3) is 0 Å². The molecular weight excluding hydrogens is 304 g/mol. The van der Waals surface area contributed by atoms with Crippen LogP contribution in [-0.2, 0) is 9.59 Å². The fourth-order valence-electron chi connectivity index (χ4n) is 4.02. The molecule has 1 aromatic rings. The summed E-state index contributed by atoms with van der Waals surface area (Å²) < 4.78 is 0. The normalized spacial score (nSPS) is 25.0. The zero-order chi connectivity index (χ0) is 17.1. The number of aliphatic carboxylic acids is 1. The highest BCUT2D eigenvalue weighted by atomic mass is 16.4. The fourth-order valence-corrected chi connectivity index (χ4v) is 4.02. The molecule has 0 bridgehead atoms. The lowest BCUT2D eigenvalue weighted by atomic mass is 9.86. The van der Waals surface area contributed by atoms with Crippen LogP contribution in [0.2, 0.25) is 0 Å². The molecule has 2 heterocycles. The first-order valence-corrected chi connectivity index (χ1v) is 8.84. The van der Waals surface area contributed by atoms with Crippen LogP contribution < -0.4 is 0 Å². The predicted octanol–water partition coefficient (Wildman–Crippen LogP) is 2.11. The largest absolute Gasteiger partial charge is 0.481 e. The quantitative estimate of drug-likeness (QED) is 0.918. The highest BCUT2D eigenvalue weighted by Gasteiger charge is 2.39. The number of carbonyl (C=O) groups excluding carboxylic acids is 1. The first-order valence-electron chi connectivity index (χ1n) is 8.84. The van der Waals surface area contributed by atoms with Crippen molar-refractivity contribution in [2.45, 2.75) is 32.1 Å². The number of aryl methyl sites for hydroxylation is 1. The van der Waals surface area contributed by atoms with Gasteiger partial charge in [-0.1, -0.05) is 24.3 Å². The number of carboxylic acid groups (broad SMARTS) is 1. The van der Waals surface area contributed by atoms with Crippen molar-refractivity contribution < 1.29 is 14.7 Å². The summed E-state index contributed by atoms with van der Waals surface area (Å²) in [7, 11) is 0. The molecule has 0 spiro atoms. The van der Waals surface area contributed by atoms with Gasteiger partial charge in [0.25, 0.3) is 0 Å². The molecule has 5 nitrogen and oxygen atoms in total. The summed E-state index contributed by atoms with van der Waals surface area (Å²) in [4.78, 5) is 28.1. The van der Waals surface area contributed by atoms with Crippen molar-refractivity contribution in [1.29, 1.82) is 0 Å². The van der Waals surface area contributed by atoms with E-state index in [1.807, 2.05) is 41.0 Å². The molecule has 0 aromatic heterocycles. The molecule has 2 fully saturated rings. The van der Waals surface area contributed by atoms with Crippen LogP contribution in [-0.4, -0.2) is 59.5 Å². The molecule has 0 aliphatic carbocycles. The van der Waals surface area contributed by atoms with Gasteiger partial charge in [-0.3, -0.25) is 14.5 Å². The third-order valence-electron chi connectivity index (χ3n) is 5.37. The van der Waals surface area contributed by atoms with Crippen LogP contribution >= 0.6 is 0 Å². The molecule has 1 aromatic carbocycles. The minimum Gasteiger partial charge on any atom is -0.481 e. The average Bonchev–Trinajstić information content (AvgIpc) is 3.00. The maximum atomic E-state index is 12.5. The Morgan fingerprint density at radius 3 is 2.50 bits per heavy atom. The number of carboxylic acids is 1. The van der Waals surface area contributed by atoms with Gasteiger partial charge in [0.2, 0.25) is 5.91 Å². The van der Waals surface area contributed by atoms with Crippen LogP contribution in [0.4, 0.5) is 0 Å². The topological polar surface area (TPSA) is 60.9 Å². The van der Waals surface area contributed by atoms with E-state index in [0.717, 1.165) is 37.1 Å². The van der Waals surface area contributed by atoms with E-state index < -0.39 is 11.9 Å². The van der Waals surface area contributed by atoms with Crippen LogP contribution in [0, 0.1) is 12.8 Å². The summed E-state index contributed by atoms with van der Waals surface area (Å²) in [5.41, 5.74) is 2.22. The lowest BCUT2D eigenvalue weighted by molar-refractivity contribution is -0.142. The lowest BCUT2D eigenvalue weighted by Crippen LogP contribution is -2.42. The highest BCUT2D eigenvalue weighted by molar-refractivity contribution is 5.79. The Labute approximate surface area is 143 Å². The van der Waals surface area contributed by atoms with Gasteiger partial charge in [-0.15, -0.1) is 0 Å². The molecular formula is C19H26N2O3. The Bertz CT molecular complexity index is 610. The van der Waals surface area contributed by atoms with E-state index in [1.165, 1.54) is 6.42 Å². The summed E-state index contributed by atoms with van der Waals surface area (Å²) in [6.45, 7) is 5.14. The third-order valence-corrected chi connectivity index (χ3v) is 5.37. The minimum atomic E-state index is -0.767. The smallest absolute Gasteiger partial charge is 0.308 e. The Balaban J connectivity index is 1.70. The molecule has 0 radical (unpaired) electrons. The van der Waals surface area contributed by atoms with Crippen molar-refractivity contribution >= 4 is 11.9 Å². The van der Waals surface area contributed by atoms with Gasteiger partial charge in [0.05, 0.1) is 12.5 Å². The SMILES string of the molecule is Cc1ccccc1[C@@H]1CN(CC(=O)N2CCCCC2)C[C@H]1C(=O)O. The van der Waals surface area contributed by atoms with Crippen molar-refractivity contribution in [2.24, 2.45) is 5.92 Å². The summed E-state index contributed by atoms with van der Waals surface area (Å²) in [5, 5.41) is 9.61. The Morgan fingerprint density at radius 2 is 1.83 bits per heavy atom. The number of rotatable bonds is 4. The number of amides is 1. The number of carbonyl (C=O) groups is 2. The van der Waals surface area contributed by atoms with Gasteiger partial charge >= 0.3 is 5.97 Å². The van der Waals surface area contributed by atoms with Crippen molar-refractivity contribution in [1.82, 2.24) is 9.80 Å². The third kappa shape index (κ3) is 3.61. The zero-order valence-electron chi connectivity index (χ0n) is 14.3. The molecule has 1 amide bonds. The summed E-state index contributed by atoms with van der Waals surface area (Å²) in [6, 6.07) is 7.98. The standard InChI is InChI=1S/C19H26N2O3/c1-14-7-3-4-8-15(14)16-11-20(12-17(16)19(23)24)13-18(22)21-9-5-2-6-10-21/h3-4,7-8,16-17H,2,5-6,9-13H2,1H3,(H,23,24)/t16-,17+/m0/s1. The van der Waals surface area contributed by atoms with E-state index in [4.69, 9.17) is 0 Å². The molecule has 130 valence electrons. The van der Waals surface area contributed by atoms with Crippen LogP contribution in [0.1, 0.15) is 36.3 Å². The molecule has 2 aliphatic heterocycles. The Morgan fingerprint density at radius 1 is 1.12 bits per heavy atom. The number of nitrogens with zero attached hydrogens (tertiary/aromatic N) is 2. The second kappa shape index (κ2) is 7.34. The molecule has 2 aliphatic rings. The van der Waals surface area contributed by atoms with Gasteiger partial charge in [-0.25, -0.2) is 0 Å². The number of hydrogen-bond donors (Lipinski definition) is 1. The fraction of sp³-hybridized carbons (Fsp3) is 0.579. The molecule has 0 unspecified atom stereocenters. The monoisotopic (exact) mass is 330 g/mol. The number of likely N-dealkylation sites (tertiary alicyclic amines) is 2. The molecule has 3 rings (SSSR count). The second-order valence-corrected chi connectivity index (χ2v) is 7.04. The van der Waals surface area contributed by atoms with E-state index >= 15 is 0 Å². The van der Waals surface area contributed by atoms with Crippen LogP contribution in [0.3, 0.4) is 0 Å². The summed E-state index contributed by atoms with van der Waals surface area (Å²) >= 11 is 0. The van der Waals surface area contributed by atoms with E-state index in [9.17, 15) is 14.7 Å².